The van der Waals surface area contributed by atoms with Gasteiger partial charge in [-0.05, 0) is 42.6 Å². The van der Waals surface area contributed by atoms with Gasteiger partial charge in [-0.15, -0.1) is 0 Å². The maximum Gasteiger partial charge on any atom is 0.283 e. The number of rotatable bonds is 4. The van der Waals surface area contributed by atoms with Gasteiger partial charge >= 0.3 is 0 Å². The molecule has 1 N–H and O–H groups in total. The Morgan fingerprint density at radius 1 is 1.56 bits per heavy atom. The third kappa shape index (κ3) is 2.59. The summed E-state index contributed by atoms with van der Waals surface area (Å²) in [5.74, 6) is 0. The zero-order valence-corrected chi connectivity index (χ0v) is 12.4. The third-order valence-electron chi connectivity index (χ3n) is 3.22. The number of nitrogens with zero attached hydrogens (tertiary/aromatic N) is 2. The highest BCUT2D eigenvalue weighted by atomic mass is 79.9. The molecule has 0 saturated heterocycles. The number of methoxy groups -OCH3 is 1. The topological polar surface area (TPSA) is 56.1 Å². The second-order valence-corrected chi connectivity index (χ2v) is 5.68. The number of aromatic nitrogens is 2. The molecular formula is C12H18BrN3O2. The number of hydrogen-bond acceptors (Lipinski definition) is 4. The van der Waals surface area contributed by atoms with E-state index in [1.54, 1.807) is 13.3 Å². The quantitative estimate of drug-likeness (QED) is 0.925. The molecule has 2 rings (SSSR count). The molecule has 0 aliphatic heterocycles. The van der Waals surface area contributed by atoms with Gasteiger partial charge in [0, 0.05) is 13.2 Å². The van der Waals surface area contributed by atoms with Gasteiger partial charge in [-0.2, -0.15) is 5.10 Å². The summed E-state index contributed by atoms with van der Waals surface area (Å²) in [6, 6.07) is 0.423. The van der Waals surface area contributed by atoms with Crippen molar-refractivity contribution in [3.63, 3.8) is 0 Å². The maximum atomic E-state index is 12.0. The molecule has 0 unspecified atom stereocenters. The molecule has 1 aliphatic rings. The number of hydrogen-bond donors (Lipinski definition) is 1. The molecule has 5 nitrogen and oxygen atoms in total. The minimum Gasteiger partial charge on any atom is -0.381 e. The monoisotopic (exact) mass is 315 g/mol. The van der Waals surface area contributed by atoms with E-state index in [1.807, 2.05) is 13.8 Å². The SMILES string of the molecule is COC1CC(Nc2cnn(C(C)C)c(=O)c2Br)C1. The highest BCUT2D eigenvalue weighted by Gasteiger charge is 2.29. The first kappa shape index (κ1) is 13.5. The largest absolute Gasteiger partial charge is 0.381 e. The molecule has 0 atom stereocenters. The molecule has 1 heterocycles. The van der Waals surface area contributed by atoms with Crippen LogP contribution in [0, 0.1) is 0 Å². The highest BCUT2D eigenvalue weighted by molar-refractivity contribution is 9.10. The van der Waals surface area contributed by atoms with E-state index in [4.69, 9.17) is 4.74 Å². The van der Waals surface area contributed by atoms with Gasteiger partial charge < -0.3 is 10.1 Å². The lowest BCUT2D eigenvalue weighted by Crippen LogP contribution is -2.40. The van der Waals surface area contributed by atoms with Crippen molar-refractivity contribution in [2.75, 3.05) is 12.4 Å². The van der Waals surface area contributed by atoms with Crippen LogP contribution in [-0.4, -0.2) is 29.0 Å². The average molecular weight is 316 g/mol. The standard InChI is InChI=1S/C12H18BrN3O2/c1-7(2)16-12(17)11(13)10(6-14-16)15-8-4-9(5-8)18-3/h6-9,15H,4-5H2,1-3H3. The van der Waals surface area contributed by atoms with Crippen LogP contribution >= 0.6 is 15.9 Å². The molecule has 0 amide bonds. The molecular weight excluding hydrogens is 298 g/mol. The molecule has 1 fully saturated rings. The van der Waals surface area contributed by atoms with Crippen LogP contribution in [0.5, 0.6) is 0 Å². The number of ether oxygens (including phenoxy) is 1. The van der Waals surface area contributed by atoms with Crippen molar-refractivity contribution >= 4 is 21.6 Å². The fourth-order valence-corrected chi connectivity index (χ4v) is 2.41. The number of halogens is 1. The first-order valence-electron chi connectivity index (χ1n) is 6.09. The van der Waals surface area contributed by atoms with Crippen molar-refractivity contribution < 1.29 is 4.74 Å². The van der Waals surface area contributed by atoms with E-state index < -0.39 is 0 Å². The zero-order valence-electron chi connectivity index (χ0n) is 10.8. The van der Waals surface area contributed by atoms with Crippen LogP contribution in [0.3, 0.4) is 0 Å². The van der Waals surface area contributed by atoms with Crippen LogP contribution in [0.15, 0.2) is 15.5 Å². The van der Waals surface area contributed by atoms with Gasteiger partial charge in [0.1, 0.15) is 4.47 Å². The summed E-state index contributed by atoms with van der Waals surface area (Å²) in [6.07, 6.45) is 3.98. The minimum absolute atomic E-state index is 0.0597. The van der Waals surface area contributed by atoms with E-state index >= 15 is 0 Å². The van der Waals surface area contributed by atoms with Crippen LogP contribution < -0.4 is 10.9 Å². The van der Waals surface area contributed by atoms with Gasteiger partial charge in [0.15, 0.2) is 0 Å². The van der Waals surface area contributed by atoms with Gasteiger partial charge in [0.25, 0.3) is 5.56 Å². The van der Waals surface area contributed by atoms with Gasteiger partial charge in [0.2, 0.25) is 0 Å². The third-order valence-corrected chi connectivity index (χ3v) is 3.99. The molecule has 0 aromatic carbocycles. The summed E-state index contributed by atoms with van der Waals surface area (Å²) in [6.45, 7) is 3.87. The van der Waals surface area contributed by atoms with Crippen molar-refractivity contribution in [3.05, 3.63) is 21.0 Å². The highest BCUT2D eigenvalue weighted by Crippen LogP contribution is 2.28. The van der Waals surface area contributed by atoms with Crippen molar-refractivity contribution in [2.45, 2.75) is 44.9 Å². The van der Waals surface area contributed by atoms with E-state index in [1.165, 1.54) is 4.68 Å². The minimum atomic E-state index is -0.0994. The van der Waals surface area contributed by atoms with Gasteiger partial charge in [0.05, 0.1) is 24.0 Å². The smallest absolute Gasteiger partial charge is 0.283 e. The zero-order chi connectivity index (χ0) is 13.3. The van der Waals surface area contributed by atoms with Crippen molar-refractivity contribution in [3.8, 4) is 0 Å². The number of nitrogens with one attached hydrogen (secondary N) is 1. The Hall–Kier alpha value is -0.880. The normalized spacial score (nSPS) is 22.9. The summed E-state index contributed by atoms with van der Waals surface area (Å²) in [5, 5.41) is 7.48. The van der Waals surface area contributed by atoms with Crippen LogP contribution in [-0.2, 0) is 4.74 Å². The molecule has 100 valence electrons. The lowest BCUT2D eigenvalue weighted by atomic mass is 9.89. The predicted octanol–water partition coefficient (Wildman–Crippen LogP) is 2.18. The van der Waals surface area contributed by atoms with Crippen LogP contribution in [0.4, 0.5) is 5.69 Å². The van der Waals surface area contributed by atoms with Gasteiger partial charge in [-0.3, -0.25) is 4.79 Å². The first-order chi connectivity index (χ1) is 8.52. The summed E-state index contributed by atoms with van der Waals surface area (Å²) >= 11 is 3.35. The van der Waals surface area contributed by atoms with E-state index in [9.17, 15) is 4.79 Å². The second kappa shape index (κ2) is 5.40. The molecule has 0 spiro atoms. The van der Waals surface area contributed by atoms with Crippen molar-refractivity contribution in [2.24, 2.45) is 0 Å². The summed E-state index contributed by atoms with van der Waals surface area (Å²) in [7, 11) is 1.72. The first-order valence-corrected chi connectivity index (χ1v) is 6.89. The van der Waals surface area contributed by atoms with Crippen molar-refractivity contribution in [1.82, 2.24) is 9.78 Å². The summed E-state index contributed by atoms with van der Waals surface area (Å²) in [4.78, 5) is 12.0. The second-order valence-electron chi connectivity index (χ2n) is 4.89. The Labute approximate surface area is 115 Å². The molecule has 18 heavy (non-hydrogen) atoms. The average Bonchev–Trinajstić information content (AvgIpc) is 2.27. The van der Waals surface area contributed by atoms with Crippen LogP contribution in [0.1, 0.15) is 32.7 Å². The molecule has 1 aliphatic carbocycles. The summed E-state index contributed by atoms with van der Waals surface area (Å²) in [5.41, 5.74) is 0.661. The van der Waals surface area contributed by atoms with Crippen LogP contribution in [0.2, 0.25) is 0 Å². The van der Waals surface area contributed by atoms with E-state index in [2.05, 4.69) is 26.3 Å². The van der Waals surface area contributed by atoms with Crippen molar-refractivity contribution in [1.29, 1.82) is 0 Å². The Morgan fingerprint density at radius 2 is 2.22 bits per heavy atom. The van der Waals surface area contributed by atoms with E-state index in [-0.39, 0.29) is 11.6 Å². The molecule has 1 aromatic heterocycles. The molecule has 1 aromatic rings. The Kier molecular flexibility index (Phi) is 4.07. The van der Waals surface area contributed by atoms with E-state index in [0.717, 1.165) is 18.5 Å². The Bertz CT molecular complexity index is 481. The fraction of sp³-hybridized carbons (Fsp3) is 0.667. The Morgan fingerprint density at radius 3 is 2.78 bits per heavy atom. The molecule has 1 saturated carbocycles. The fourth-order valence-electron chi connectivity index (χ4n) is 2.01. The predicted molar refractivity (Wildman–Crippen MR) is 74.0 cm³/mol. The lowest BCUT2D eigenvalue weighted by molar-refractivity contribution is 0.0328. The molecule has 0 bridgehead atoms. The van der Waals surface area contributed by atoms with E-state index in [0.29, 0.717) is 16.6 Å². The molecule has 6 heteroatoms. The number of anilines is 1. The summed E-state index contributed by atoms with van der Waals surface area (Å²) < 4.78 is 7.24. The molecule has 0 radical (unpaired) electrons. The Balaban J connectivity index is 2.11. The van der Waals surface area contributed by atoms with Gasteiger partial charge in [-0.1, -0.05) is 0 Å². The van der Waals surface area contributed by atoms with Crippen LogP contribution in [0.25, 0.3) is 0 Å². The lowest BCUT2D eigenvalue weighted by Gasteiger charge is -2.35. The van der Waals surface area contributed by atoms with Gasteiger partial charge in [-0.25, -0.2) is 4.68 Å². The maximum absolute atomic E-state index is 12.0.